The Balaban J connectivity index is 0.000000648. The van der Waals surface area contributed by atoms with Crippen LogP contribution in [0.2, 0.25) is 0 Å². The smallest absolute Gasteiger partial charge is 0.543 e. The molecule has 0 spiro atoms. The summed E-state index contributed by atoms with van der Waals surface area (Å²) in [5, 5.41) is 46.4. The molecule has 0 aliphatic heterocycles. The molecule has 4 aromatic rings. The van der Waals surface area contributed by atoms with E-state index >= 15 is 0 Å². The van der Waals surface area contributed by atoms with E-state index in [2.05, 4.69) is 40.1 Å². The second-order valence-corrected chi connectivity index (χ2v) is 6.19. The maximum absolute atomic E-state index is 10.7. The zero-order valence-electron chi connectivity index (χ0n) is 18.5. The average Bonchev–Trinajstić information content (AvgIpc) is 3.56. The van der Waals surface area contributed by atoms with Crippen LogP contribution in [0.25, 0.3) is 0 Å². The van der Waals surface area contributed by atoms with E-state index in [4.69, 9.17) is 10.2 Å². The summed E-state index contributed by atoms with van der Waals surface area (Å²) >= 11 is 0. The van der Waals surface area contributed by atoms with Gasteiger partial charge in [0, 0.05) is 0 Å². The number of aromatic carboxylic acids is 4. The number of carboxylic acid groups (broad SMARTS) is 4. The minimum absolute atomic E-state index is 0. The number of aromatic nitrogens is 10. The SMILES string of the molecule is O=C([O-])c1nc(Cn2cncn2)[nH]c1C(=O)O.O=C([O-])c1nc(Cn2cncn2)[nH]c1C(=O)O.[OH3+].[OH3+].[Zn+2]. The third-order valence-corrected chi connectivity index (χ3v) is 3.88. The Morgan fingerprint density at radius 1 is 0.757 bits per heavy atom. The Hall–Kier alpha value is -4.88. The number of nitrogens with zero attached hydrogens (tertiary/aromatic N) is 8. The molecule has 37 heavy (non-hydrogen) atoms. The Labute approximate surface area is 216 Å². The molecule has 0 unspecified atom stereocenters. The van der Waals surface area contributed by atoms with Crippen molar-refractivity contribution in [3.05, 3.63) is 59.7 Å². The van der Waals surface area contributed by atoms with Gasteiger partial charge in [-0.1, -0.05) is 0 Å². The largest absolute Gasteiger partial charge is 2.00 e. The van der Waals surface area contributed by atoms with Crippen molar-refractivity contribution in [2.45, 2.75) is 13.1 Å². The topological polar surface area (TPSA) is 340 Å². The van der Waals surface area contributed by atoms with E-state index < -0.39 is 46.7 Å². The molecule has 0 saturated heterocycles. The van der Waals surface area contributed by atoms with Gasteiger partial charge in [0.05, 0.1) is 11.9 Å². The normalized spacial score (nSPS) is 9.51. The van der Waals surface area contributed by atoms with Gasteiger partial charge in [-0.05, 0) is 0 Å². The molecule has 0 atom stereocenters. The first-order chi connectivity index (χ1) is 16.2. The van der Waals surface area contributed by atoms with Crippen molar-refractivity contribution in [1.82, 2.24) is 49.5 Å². The third kappa shape index (κ3) is 8.09. The van der Waals surface area contributed by atoms with Crippen molar-refractivity contribution in [3.63, 3.8) is 0 Å². The Morgan fingerprint density at radius 3 is 1.32 bits per heavy atom. The number of aromatic amines is 2. The summed E-state index contributed by atoms with van der Waals surface area (Å²) in [6.45, 7) is 0.182. The third-order valence-electron chi connectivity index (χ3n) is 3.88. The van der Waals surface area contributed by atoms with Crippen LogP contribution in [0.1, 0.15) is 53.6 Å². The Bertz CT molecular complexity index is 1170. The number of H-pyrrole nitrogens is 2. The number of carbonyl (C=O) groups is 4. The second kappa shape index (κ2) is 13.9. The van der Waals surface area contributed by atoms with Gasteiger partial charge in [-0.3, -0.25) is 0 Å². The van der Waals surface area contributed by atoms with E-state index in [1.54, 1.807) is 0 Å². The summed E-state index contributed by atoms with van der Waals surface area (Å²) < 4.78 is 2.73. The Kier molecular flexibility index (Phi) is 12.0. The summed E-state index contributed by atoms with van der Waals surface area (Å²) in [4.78, 5) is 62.2. The van der Waals surface area contributed by atoms with E-state index in [-0.39, 0.29) is 55.2 Å². The summed E-state index contributed by atoms with van der Waals surface area (Å²) in [7, 11) is 0. The van der Waals surface area contributed by atoms with Crippen LogP contribution >= 0.6 is 0 Å². The standard InChI is InChI=1S/2C8H7N5O4.2H2O.Zn/c2*14-7(15)5-6(8(16)17)12-4(11-5)1-13-3-9-2-10-13;;;/h2*2-3H,1H2,(H,11,12)(H,14,15)(H,16,17);2*1H2;/q;;;;+2. The number of hydrogen-bond donors (Lipinski definition) is 4. The van der Waals surface area contributed by atoms with Crippen LogP contribution in [-0.2, 0) is 43.5 Å². The summed E-state index contributed by atoms with van der Waals surface area (Å²) in [5.74, 6) is -5.84. The monoisotopic (exact) mass is 574 g/mol. The van der Waals surface area contributed by atoms with Gasteiger partial charge >= 0.3 is 31.4 Å². The predicted octanol–water partition coefficient (Wildman–Crippen LogP) is -5.62. The molecule has 4 aromatic heterocycles. The van der Waals surface area contributed by atoms with Crippen LogP contribution < -0.4 is 10.2 Å². The molecule has 0 aromatic carbocycles. The first-order valence-corrected chi connectivity index (χ1v) is 8.87. The fraction of sp³-hybridized carbons (Fsp3) is 0.125. The van der Waals surface area contributed by atoms with Crippen molar-refractivity contribution in [2.75, 3.05) is 0 Å². The molecule has 10 N–H and O–H groups in total. The maximum Gasteiger partial charge on any atom is 2.00 e. The summed E-state index contributed by atoms with van der Waals surface area (Å²) in [6, 6.07) is 0. The molecular formula is C16H18N10O10Zn+2. The molecular weight excluding hydrogens is 558 g/mol. The van der Waals surface area contributed by atoms with Crippen LogP contribution in [0, 0.1) is 0 Å². The number of imidazole rings is 2. The van der Waals surface area contributed by atoms with Gasteiger partial charge < -0.3 is 50.9 Å². The summed E-state index contributed by atoms with van der Waals surface area (Å²) in [5.41, 5.74) is -2.29. The quantitative estimate of drug-likeness (QED) is 0.112. The first kappa shape index (κ1) is 32.1. The molecule has 0 radical (unpaired) electrons. The molecule has 192 valence electrons. The van der Waals surface area contributed by atoms with Gasteiger partial charge in [-0.2, -0.15) is 10.2 Å². The van der Waals surface area contributed by atoms with Gasteiger partial charge in [0.1, 0.15) is 61.4 Å². The predicted molar refractivity (Wildman–Crippen MR) is 108 cm³/mol. The van der Waals surface area contributed by atoms with Crippen LogP contribution in [0.4, 0.5) is 0 Å². The van der Waals surface area contributed by atoms with Crippen molar-refractivity contribution in [1.29, 1.82) is 0 Å². The summed E-state index contributed by atoms with van der Waals surface area (Å²) in [6.07, 6.45) is 5.37. The minimum atomic E-state index is -1.65. The van der Waals surface area contributed by atoms with E-state index in [1.807, 2.05) is 0 Å². The minimum Gasteiger partial charge on any atom is -0.543 e. The molecule has 21 heteroatoms. The van der Waals surface area contributed by atoms with Crippen molar-refractivity contribution < 1.29 is 70.0 Å². The van der Waals surface area contributed by atoms with Gasteiger partial charge in [0.2, 0.25) is 0 Å². The molecule has 0 bridgehead atoms. The number of nitrogens with one attached hydrogen (secondary N) is 2. The number of carboxylic acids is 4. The van der Waals surface area contributed by atoms with Crippen molar-refractivity contribution in [2.24, 2.45) is 0 Å². The van der Waals surface area contributed by atoms with Crippen LogP contribution in [0.15, 0.2) is 25.3 Å². The molecule has 4 heterocycles. The van der Waals surface area contributed by atoms with Crippen LogP contribution in [-0.4, -0.2) is 83.6 Å². The number of carbonyl (C=O) groups excluding carboxylic acids is 2. The first-order valence-electron chi connectivity index (χ1n) is 8.87. The number of rotatable bonds is 8. The Morgan fingerprint density at radius 2 is 1.11 bits per heavy atom. The van der Waals surface area contributed by atoms with Crippen LogP contribution in [0.5, 0.6) is 0 Å². The number of hydrogen-bond acceptors (Lipinski definition) is 12. The van der Waals surface area contributed by atoms with Crippen LogP contribution in [0.3, 0.4) is 0 Å². The van der Waals surface area contributed by atoms with Gasteiger partial charge in [-0.15, -0.1) is 0 Å². The van der Waals surface area contributed by atoms with E-state index in [0.29, 0.717) is 0 Å². The zero-order valence-corrected chi connectivity index (χ0v) is 21.5. The van der Waals surface area contributed by atoms with Gasteiger partial charge in [0.25, 0.3) is 0 Å². The van der Waals surface area contributed by atoms with Crippen molar-refractivity contribution in [3.8, 4) is 0 Å². The van der Waals surface area contributed by atoms with E-state index in [9.17, 15) is 29.4 Å². The molecule has 20 nitrogen and oxygen atoms in total. The molecule has 0 saturated carbocycles. The van der Waals surface area contributed by atoms with Crippen molar-refractivity contribution >= 4 is 23.9 Å². The maximum atomic E-state index is 10.7. The molecule has 4 rings (SSSR count). The molecule has 0 aliphatic carbocycles. The fourth-order valence-electron chi connectivity index (χ4n) is 2.53. The van der Waals surface area contributed by atoms with Gasteiger partial charge in [-0.25, -0.2) is 38.9 Å². The molecule has 0 fully saturated rings. The van der Waals surface area contributed by atoms with E-state index in [1.165, 1.54) is 34.7 Å². The van der Waals surface area contributed by atoms with Gasteiger partial charge in [0.15, 0.2) is 11.4 Å². The van der Waals surface area contributed by atoms with E-state index in [0.717, 1.165) is 0 Å². The molecule has 0 aliphatic rings. The zero-order chi connectivity index (χ0) is 24.8. The fourth-order valence-corrected chi connectivity index (χ4v) is 2.53. The molecule has 0 amide bonds. The second-order valence-electron chi connectivity index (χ2n) is 6.19. The average molecular weight is 576 g/mol.